The fourth-order valence-electron chi connectivity index (χ4n) is 3.22. The molecule has 1 fully saturated rings. The van der Waals surface area contributed by atoms with Crippen LogP contribution in [0.1, 0.15) is 30.7 Å². The Hall–Kier alpha value is -1.58. The van der Waals surface area contributed by atoms with Gasteiger partial charge in [0, 0.05) is 6.04 Å². The molecular formula is C18H22ClNO2. The van der Waals surface area contributed by atoms with Crippen LogP contribution >= 0.6 is 12.4 Å². The van der Waals surface area contributed by atoms with Gasteiger partial charge in [0.05, 0.1) is 13.0 Å². The molecule has 1 saturated heterocycles. The maximum atomic E-state index is 12.3. The summed E-state index contributed by atoms with van der Waals surface area (Å²) in [5, 5.41) is 5.84. The third kappa shape index (κ3) is 3.42. The van der Waals surface area contributed by atoms with Crippen molar-refractivity contribution >= 4 is 29.1 Å². The van der Waals surface area contributed by atoms with Crippen LogP contribution in [0.15, 0.2) is 42.5 Å². The second-order valence-electron chi connectivity index (χ2n) is 5.66. The lowest BCUT2D eigenvalue weighted by Crippen LogP contribution is -2.42. The molecule has 2 aromatic rings. The number of benzene rings is 2. The van der Waals surface area contributed by atoms with Gasteiger partial charge in [-0.15, -0.1) is 12.4 Å². The maximum Gasteiger partial charge on any atom is 0.314 e. The Kier molecular flexibility index (Phi) is 5.81. The van der Waals surface area contributed by atoms with Crippen LogP contribution in [0, 0.1) is 0 Å². The number of fused-ring (bicyclic) bond motifs is 1. The van der Waals surface area contributed by atoms with E-state index in [4.69, 9.17) is 4.74 Å². The third-order valence-corrected chi connectivity index (χ3v) is 4.34. The number of hydrogen-bond donors (Lipinski definition) is 1. The second-order valence-corrected chi connectivity index (χ2v) is 5.66. The molecule has 22 heavy (non-hydrogen) atoms. The maximum absolute atomic E-state index is 12.3. The number of ether oxygens (including phenoxy) is 1. The van der Waals surface area contributed by atoms with Crippen molar-refractivity contribution in [1.29, 1.82) is 0 Å². The van der Waals surface area contributed by atoms with E-state index in [-0.39, 0.29) is 30.3 Å². The third-order valence-electron chi connectivity index (χ3n) is 4.34. The molecule has 1 heterocycles. The Balaban J connectivity index is 0.00000176. The van der Waals surface area contributed by atoms with Crippen molar-refractivity contribution in [2.75, 3.05) is 13.7 Å². The number of nitrogens with one attached hydrogen (secondary N) is 1. The zero-order valence-electron chi connectivity index (χ0n) is 12.7. The molecule has 0 aromatic heterocycles. The molecule has 0 unspecified atom stereocenters. The summed E-state index contributed by atoms with van der Waals surface area (Å²) in [7, 11) is 1.47. The molecule has 0 bridgehead atoms. The number of hydrogen-bond acceptors (Lipinski definition) is 3. The monoisotopic (exact) mass is 319 g/mol. The summed E-state index contributed by atoms with van der Waals surface area (Å²) in [5.74, 6) is -0.371. The average Bonchev–Trinajstić information content (AvgIpc) is 2.56. The zero-order valence-corrected chi connectivity index (χ0v) is 13.6. The molecule has 0 saturated carbocycles. The number of carbonyl (C=O) groups is 1. The highest BCUT2D eigenvalue weighted by atomic mass is 35.5. The summed E-state index contributed by atoms with van der Waals surface area (Å²) in [5.41, 5.74) is 1.04. The predicted molar refractivity (Wildman–Crippen MR) is 91.6 cm³/mol. The largest absolute Gasteiger partial charge is 0.469 e. The molecule has 2 aromatic carbocycles. The van der Waals surface area contributed by atoms with Gasteiger partial charge in [-0.3, -0.25) is 4.79 Å². The minimum absolute atomic E-state index is 0. The number of piperidine rings is 1. The SMILES string of the molecule is COC(=O)[C@H](c1ccc2ccccc2c1)[C@H]1CCCCN1.Cl. The Morgan fingerprint density at radius 1 is 1.18 bits per heavy atom. The van der Waals surface area contributed by atoms with E-state index in [1.54, 1.807) is 0 Å². The minimum atomic E-state index is -0.222. The normalized spacial score (nSPS) is 19.2. The molecular weight excluding hydrogens is 298 g/mol. The number of esters is 1. The summed E-state index contributed by atoms with van der Waals surface area (Å²) in [6, 6.07) is 14.7. The van der Waals surface area contributed by atoms with Gasteiger partial charge >= 0.3 is 5.97 Å². The van der Waals surface area contributed by atoms with Gasteiger partial charge in [-0.2, -0.15) is 0 Å². The number of methoxy groups -OCH3 is 1. The second kappa shape index (κ2) is 7.61. The van der Waals surface area contributed by atoms with Crippen LogP contribution in [0.5, 0.6) is 0 Å². The minimum Gasteiger partial charge on any atom is -0.469 e. The molecule has 0 spiro atoms. The molecule has 0 aliphatic carbocycles. The van der Waals surface area contributed by atoms with Crippen molar-refractivity contribution < 1.29 is 9.53 Å². The molecule has 1 aliphatic heterocycles. The first-order valence-electron chi connectivity index (χ1n) is 7.59. The number of halogens is 1. The summed E-state index contributed by atoms with van der Waals surface area (Å²) in [6.45, 7) is 0.978. The van der Waals surface area contributed by atoms with E-state index in [9.17, 15) is 4.79 Å². The van der Waals surface area contributed by atoms with Gasteiger partial charge in [-0.1, -0.05) is 48.9 Å². The number of rotatable bonds is 3. The molecule has 3 nitrogen and oxygen atoms in total. The van der Waals surface area contributed by atoms with Crippen molar-refractivity contribution in [3.8, 4) is 0 Å². The topological polar surface area (TPSA) is 38.3 Å². The summed E-state index contributed by atoms with van der Waals surface area (Å²) in [6.07, 6.45) is 3.37. The summed E-state index contributed by atoms with van der Waals surface area (Å²) in [4.78, 5) is 12.3. The van der Waals surface area contributed by atoms with E-state index in [2.05, 4.69) is 35.6 Å². The van der Waals surface area contributed by atoms with Gasteiger partial charge in [-0.05, 0) is 35.7 Å². The van der Waals surface area contributed by atoms with Crippen molar-refractivity contribution in [3.63, 3.8) is 0 Å². The van der Waals surface area contributed by atoms with Gasteiger partial charge in [0.25, 0.3) is 0 Å². The fraction of sp³-hybridized carbons (Fsp3) is 0.389. The van der Waals surface area contributed by atoms with Crippen LogP contribution in [0.2, 0.25) is 0 Å². The highest BCUT2D eigenvalue weighted by molar-refractivity contribution is 5.86. The van der Waals surface area contributed by atoms with E-state index < -0.39 is 0 Å². The molecule has 1 aliphatic rings. The molecule has 118 valence electrons. The Morgan fingerprint density at radius 3 is 2.64 bits per heavy atom. The van der Waals surface area contributed by atoms with Crippen LogP contribution in [-0.4, -0.2) is 25.7 Å². The van der Waals surface area contributed by atoms with Crippen LogP contribution in [-0.2, 0) is 9.53 Å². The molecule has 4 heteroatoms. The van der Waals surface area contributed by atoms with E-state index in [1.165, 1.54) is 30.7 Å². The Morgan fingerprint density at radius 2 is 1.95 bits per heavy atom. The van der Waals surface area contributed by atoms with Crippen molar-refractivity contribution in [2.24, 2.45) is 0 Å². The van der Waals surface area contributed by atoms with Gasteiger partial charge in [0.15, 0.2) is 0 Å². The average molecular weight is 320 g/mol. The molecule has 0 amide bonds. The van der Waals surface area contributed by atoms with Gasteiger partial charge in [0.1, 0.15) is 0 Å². The van der Waals surface area contributed by atoms with Crippen molar-refractivity contribution in [2.45, 2.75) is 31.2 Å². The standard InChI is InChI=1S/C18H21NO2.ClH/c1-21-18(20)17(16-8-4-5-11-19-16)15-10-9-13-6-2-3-7-14(13)12-15;/h2-3,6-7,9-10,12,16-17,19H,4-5,8,11H2,1H3;1H/t16-,17-;/m1./s1. The smallest absolute Gasteiger partial charge is 0.314 e. The lowest BCUT2D eigenvalue weighted by atomic mass is 9.85. The Labute approximate surface area is 137 Å². The molecule has 2 atom stereocenters. The van der Waals surface area contributed by atoms with E-state index in [1.807, 2.05) is 12.1 Å². The molecule has 3 rings (SSSR count). The molecule has 0 radical (unpaired) electrons. The van der Waals surface area contributed by atoms with Crippen LogP contribution < -0.4 is 5.32 Å². The Bertz CT molecular complexity index is 638. The first kappa shape index (κ1) is 16.8. The first-order valence-corrected chi connectivity index (χ1v) is 7.59. The summed E-state index contributed by atoms with van der Waals surface area (Å²) >= 11 is 0. The van der Waals surface area contributed by atoms with Gasteiger partial charge < -0.3 is 10.1 Å². The zero-order chi connectivity index (χ0) is 14.7. The predicted octanol–water partition coefficient (Wildman–Crippen LogP) is 3.66. The van der Waals surface area contributed by atoms with Gasteiger partial charge in [0.2, 0.25) is 0 Å². The van der Waals surface area contributed by atoms with Crippen LogP contribution in [0.4, 0.5) is 0 Å². The van der Waals surface area contributed by atoms with E-state index >= 15 is 0 Å². The lowest BCUT2D eigenvalue weighted by Gasteiger charge is -2.30. The number of carbonyl (C=O) groups excluding carboxylic acids is 1. The van der Waals surface area contributed by atoms with E-state index in [0.29, 0.717) is 0 Å². The first-order chi connectivity index (χ1) is 10.3. The van der Waals surface area contributed by atoms with Crippen LogP contribution in [0.25, 0.3) is 10.8 Å². The van der Waals surface area contributed by atoms with Crippen LogP contribution in [0.3, 0.4) is 0 Å². The highest BCUT2D eigenvalue weighted by Gasteiger charge is 2.31. The lowest BCUT2D eigenvalue weighted by molar-refractivity contribution is -0.143. The molecule has 1 N–H and O–H groups in total. The fourth-order valence-corrected chi connectivity index (χ4v) is 3.22. The van der Waals surface area contributed by atoms with E-state index in [0.717, 1.165) is 18.5 Å². The quantitative estimate of drug-likeness (QED) is 0.877. The van der Waals surface area contributed by atoms with Crippen molar-refractivity contribution in [3.05, 3.63) is 48.0 Å². The van der Waals surface area contributed by atoms with Crippen molar-refractivity contribution in [1.82, 2.24) is 5.32 Å². The van der Waals surface area contributed by atoms with Gasteiger partial charge in [-0.25, -0.2) is 0 Å². The summed E-state index contributed by atoms with van der Waals surface area (Å²) < 4.78 is 5.05. The highest BCUT2D eigenvalue weighted by Crippen LogP contribution is 2.29.